The molecule has 1 aromatic rings. The zero-order chi connectivity index (χ0) is 16.8. The lowest BCUT2D eigenvalue weighted by molar-refractivity contribution is -0.135. The minimum absolute atomic E-state index is 0.186. The maximum absolute atomic E-state index is 11.8. The number of aliphatic carboxylic acids is 1. The predicted octanol–water partition coefficient (Wildman–Crippen LogP) is -0.246. The van der Waals surface area contributed by atoms with Gasteiger partial charge in [0.05, 0.1) is 17.5 Å². The largest absolute Gasteiger partial charge is 0.480 e. The van der Waals surface area contributed by atoms with Gasteiger partial charge in [-0.2, -0.15) is 4.72 Å². The highest BCUT2D eigenvalue weighted by molar-refractivity contribution is 7.89. The molecule has 0 saturated carbocycles. The Bertz CT molecular complexity index is 668. The Balaban J connectivity index is 2.85. The molecule has 1 aromatic carbocycles. The highest BCUT2D eigenvalue weighted by Gasteiger charge is 2.19. The normalized spacial score (nSPS) is 13.9. The van der Waals surface area contributed by atoms with Crippen molar-refractivity contribution < 1.29 is 28.5 Å². The third kappa shape index (κ3) is 4.98. The van der Waals surface area contributed by atoms with Crippen molar-refractivity contribution in [3.8, 4) is 0 Å². The number of aliphatic hydroxyl groups excluding tert-OH is 2. The zero-order valence-electron chi connectivity index (χ0n) is 11.2. The second-order valence-corrected chi connectivity index (χ2v) is 5.98. The molecule has 0 radical (unpaired) electrons. The number of azide groups is 1. The zero-order valence-corrected chi connectivity index (χ0v) is 12.0. The predicted molar refractivity (Wildman–Crippen MR) is 74.2 cm³/mol. The van der Waals surface area contributed by atoms with E-state index in [4.69, 9.17) is 10.6 Å². The Kier molecular flexibility index (Phi) is 6.28. The van der Waals surface area contributed by atoms with Crippen LogP contribution in [0.4, 0.5) is 0 Å². The minimum atomic E-state index is -3.97. The SMILES string of the molecule is [N-]=[N+]=NCC(O)C(O)c1ccc(S(=O)(=O)NCC(=O)O)cc1. The Morgan fingerprint density at radius 3 is 2.41 bits per heavy atom. The Morgan fingerprint density at radius 1 is 1.32 bits per heavy atom. The van der Waals surface area contributed by atoms with E-state index in [0.29, 0.717) is 0 Å². The van der Waals surface area contributed by atoms with Crippen molar-refractivity contribution in [1.82, 2.24) is 4.72 Å². The van der Waals surface area contributed by atoms with Crippen LogP contribution in [-0.2, 0) is 14.8 Å². The third-order valence-electron chi connectivity index (χ3n) is 2.64. The molecule has 0 aromatic heterocycles. The van der Waals surface area contributed by atoms with E-state index < -0.39 is 34.7 Å². The average molecular weight is 330 g/mol. The summed E-state index contributed by atoms with van der Waals surface area (Å²) in [6, 6.07) is 4.84. The monoisotopic (exact) mass is 330 g/mol. The lowest BCUT2D eigenvalue weighted by atomic mass is 10.0. The molecule has 0 aliphatic rings. The van der Waals surface area contributed by atoms with Crippen molar-refractivity contribution in [1.29, 1.82) is 0 Å². The van der Waals surface area contributed by atoms with Gasteiger partial charge < -0.3 is 15.3 Å². The summed E-state index contributed by atoms with van der Waals surface area (Å²) in [6.07, 6.45) is -2.68. The number of sulfonamides is 1. The first-order valence-corrected chi connectivity index (χ1v) is 7.44. The summed E-state index contributed by atoms with van der Waals surface area (Å²) in [4.78, 5) is 12.6. The van der Waals surface area contributed by atoms with Crippen molar-refractivity contribution in [3.63, 3.8) is 0 Å². The minimum Gasteiger partial charge on any atom is -0.480 e. The summed E-state index contributed by atoms with van der Waals surface area (Å²) in [5.41, 5.74) is 8.35. The van der Waals surface area contributed by atoms with E-state index in [9.17, 15) is 23.4 Å². The van der Waals surface area contributed by atoms with Crippen LogP contribution in [0.25, 0.3) is 10.4 Å². The highest BCUT2D eigenvalue weighted by atomic mass is 32.2. The van der Waals surface area contributed by atoms with Crippen molar-refractivity contribution in [2.75, 3.05) is 13.1 Å². The maximum Gasteiger partial charge on any atom is 0.318 e. The van der Waals surface area contributed by atoms with Gasteiger partial charge in [-0.05, 0) is 23.2 Å². The fraction of sp³-hybridized carbons (Fsp3) is 0.364. The number of hydrogen-bond acceptors (Lipinski definition) is 6. The van der Waals surface area contributed by atoms with Crippen LogP contribution < -0.4 is 4.72 Å². The van der Waals surface area contributed by atoms with E-state index in [0.717, 1.165) is 12.1 Å². The van der Waals surface area contributed by atoms with Gasteiger partial charge in [-0.15, -0.1) is 0 Å². The average Bonchev–Trinajstić information content (AvgIpc) is 2.50. The van der Waals surface area contributed by atoms with Crippen LogP contribution in [0, 0.1) is 0 Å². The molecule has 2 atom stereocenters. The first-order valence-electron chi connectivity index (χ1n) is 5.96. The van der Waals surface area contributed by atoms with Gasteiger partial charge in [0.2, 0.25) is 10.0 Å². The van der Waals surface area contributed by atoms with Crippen molar-refractivity contribution >= 4 is 16.0 Å². The fourth-order valence-corrected chi connectivity index (χ4v) is 2.50. The van der Waals surface area contributed by atoms with Crippen LogP contribution in [0.1, 0.15) is 11.7 Å². The number of aliphatic hydroxyl groups is 2. The summed E-state index contributed by atoms with van der Waals surface area (Å²) >= 11 is 0. The van der Waals surface area contributed by atoms with E-state index in [-0.39, 0.29) is 17.0 Å². The molecular formula is C11H14N4O6S. The van der Waals surface area contributed by atoms with E-state index in [1.807, 2.05) is 4.72 Å². The molecule has 0 aliphatic heterocycles. The van der Waals surface area contributed by atoms with E-state index in [1.165, 1.54) is 12.1 Å². The molecule has 0 bridgehead atoms. The van der Waals surface area contributed by atoms with Gasteiger partial charge >= 0.3 is 5.97 Å². The number of rotatable bonds is 8. The molecule has 22 heavy (non-hydrogen) atoms. The first kappa shape index (κ1) is 17.9. The first-order chi connectivity index (χ1) is 10.3. The molecular weight excluding hydrogens is 316 g/mol. The molecule has 2 unspecified atom stereocenters. The molecule has 11 heteroatoms. The molecule has 10 nitrogen and oxygen atoms in total. The van der Waals surface area contributed by atoms with Crippen LogP contribution in [0.15, 0.2) is 34.3 Å². The number of carboxylic acids is 1. The lowest BCUT2D eigenvalue weighted by Crippen LogP contribution is -2.29. The van der Waals surface area contributed by atoms with E-state index >= 15 is 0 Å². The topological polar surface area (TPSA) is 173 Å². The lowest BCUT2D eigenvalue weighted by Gasteiger charge is -2.16. The smallest absolute Gasteiger partial charge is 0.318 e. The number of carbonyl (C=O) groups is 1. The molecule has 0 fully saturated rings. The summed E-state index contributed by atoms with van der Waals surface area (Å²) in [6.45, 7) is -1.09. The summed E-state index contributed by atoms with van der Waals surface area (Å²) in [7, 11) is -3.97. The molecule has 4 N–H and O–H groups in total. The number of hydrogen-bond donors (Lipinski definition) is 4. The number of nitrogens with one attached hydrogen (secondary N) is 1. The molecule has 0 amide bonds. The summed E-state index contributed by atoms with van der Waals surface area (Å²) in [5, 5.41) is 31.0. The van der Waals surface area contributed by atoms with E-state index in [1.54, 1.807) is 0 Å². The van der Waals surface area contributed by atoms with E-state index in [2.05, 4.69) is 10.0 Å². The fourth-order valence-electron chi connectivity index (χ4n) is 1.53. The van der Waals surface area contributed by atoms with Crippen molar-refractivity contribution in [2.45, 2.75) is 17.1 Å². The Labute approximate surface area is 125 Å². The molecule has 1 rings (SSSR count). The van der Waals surface area contributed by atoms with Gasteiger partial charge in [-0.3, -0.25) is 4.79 Å². The number of nitrogens with zero attached hydrogens (tertiary/aromatic N) is 3. The summed E-state index contributed by atoms with van der Waals surface area (Å²) < 4.78 is 25.4. The number of benzene rings is 1. The molecule has 0 spiro atoms. The van der Waals surface area contributed by atoms with Crippen LogP contribution in [0.3, 0.4) is 0 Å². The van der Waals surface area contributed by atoms with Gasteiger partial charge in [0.1, 0.15) is 12.6 Å². The van der Waals surface area contributed by atoms with Crippen molar-refractivity contribution in [2.24, 2.45) is 5.11 Å². The van der Waals surface area contributed by atoms with Gasteiger partial charge in [-0.1, -0.05) is 17.2 Å². The number of carboxylic acid groups (broad SMARTS) is 1. The second-order valence-electron chi connectivity index (χ2n) is 4.21. The van der Waals surface area contributed by atoms with Gasteiger partial charge in [0.25, 0.3) is 0 Å². The van der Waals surface area contributed by atoms with Gasteiger partial charge in [0, 0.05) is 4.91 Å². The standard InChI is InChI=1S/C11H14N4O6S/c12-15-13-5-9(16)11(19)7-1-3-8(4-2-7)22(20,21)14-6-10(17)18/h1-4,9,11,14,16,19H,5-6H2,(H,17,18). The van der Waals surface area contributed by atoms with Gasteiger partial charge in [-0.25, -0.2) is 8.42 Å². The third-order valence-corrected chi connectivity index (χ3v) is 4.06. The molecule has 0 aliphatic carbocycles. The summed E-state index contributed by atoms with van der Waals surface area (Å²) in [5.74, 6) is -1.32. The Hall–Kier alpha value is -2.17. The molecule has 0 saturated heterocycles. The molecule has 0 heterocycles. The molecule has 120 valence electrons. The Morgan fingerprint density at radius 2 is 1.91 bits per heavy atom. The van der Waals surface area contributed by atoms with Crippen LogP contribution >= 0.6 is 0 Å². The van der Waals surface area contributed by atoms with Gasteiger partial charge in [0.15, 0.2) is 0 Å². The van der Waals surface area contributed by atoms with Crippen LogP contribution in [-0.4, -0.2) is 48.9 Å². The van der Waals surface area contributed by atoms with Crippen molar-refractivity contribution in [3.05, 3.63) is 40.3 Å². The van der Waals surface area contributed by atoms with Crippen LogP contribution in [0.5, 0.6) is 0 Å². The van der Waals surface area contributed by atoms with Crippen LogP contribution in [0.2, 0.25) is 0 Å². The highest BCUT2D eigenvalue weighted by Crippen LogP contribution is 2.19. The quantitative estimate of drug-likeness (QED) is 0.290. The maximum atomic E-state index is 11.8. The second kappa shape index (κ2) is 7.73.